The Morgan fingerprint density at radius 1 is 1.39 bits per heavy atom. The fourth-order valence-electron chi connectivity index (χ4n) is 3.25. The molecule has 0 bridgehead atoms. The van der Waals surface area contributed by atoms with Crippen molar-refractivity contribution in [1.29, 1.82) is 0 Å². The topological polar surface area (TPSA) is 70.4 Å². The molecular weight excluding hydrogens is 292 g/mol. The molecule has 1 fully saturated rings. The van der Waals surface area contributed by atoms with Crippen molar-refractivity contribution in [3.8, 4) is 0 Å². The largest absolute Gasteiger partial charge is 0.383 e. The summed E-state index contributed by atoms with van der Waals surface area (Å²) in [7, 11) is 1.81. The lowest BCUT2D eigenvalue weighted by Gasteiger charge is -2.36. The predicted octanol–water partition coefficient (Wildman–Crippen LogP) is 1.25. The SMILES string of the molecule is CC(C)C(C(=O)NCC(C)(O)c1cnn(C)c1)N1CCCCC1. The molecule has 6 heteroatoms. The van der Waals surface area contributed by atoms with Gasteiger partial charge in [-0.1, -0.05) is 20.3 Å². The van der Waals surface area contributed by atoms with Gasteiger partial charge < -0.3 is 10.4 Å². The maximum absolute atomic E-state index is 12.7. The second-order valence-corrected chi connectivity index (χ2v) is 7.18. The van der Waals surface area contributed by atoms with E-state index >= 15 is 0 Å². The van der Waals surface area contributed by atoms with Crippen LogP contribution in [0.1, 0.15) is 45.6 Å². The quantitative estimate of drug-likeness (QED) is 0.827. The van der Waals surface area contributed by atoms with Crippen LogP contribution in [0.5, 0.6) is 0 Å². The molecule has 0 aromatic carbocycles. The normalized spacial score (nSPS) is 20.3. The number of nitrogens with zero attached hydrogens (tertiary/aromatic N) is 3. The van der Waals surface area contributed by atoms with Gasteiger partial charge in [-0.3, -0.25) is 14.4 Å². The molecule has 2 heterocycles. The smallest absolute Gasteiger partial charge is 0.237 e. The molecule has 130 valence electrons. The monoisotopic (exact) mass is 322 g/mol. The van der Waals surface area contributed by atoms with Crippen LogP contribution in [-0.4, -0.2) is 51.4 Å². The molecule has 2 rings (SSSR count). The van der Waals surface area contributed by atoms with E-state index in [-0.39, 0.29) is 24.4 Å². The summed E-state index contributed by atoms with van der Waals surface area (Å²) >= 11 is 0. The van der Waals surface area contributed by atoms with E-state index in [1.165, 1.54) is 6.42 Å². The first-order valence-corrected chi connectivity index (χ1v) is 8.54. The van der Waals surface area contributed by atoms with Crippen molar-refractivity contribution in [2.24, 2.45) is 13.0 Å². The van der Waals surface area contributed by atoms with Crippen molar-refractivity contribution < 1.29 is 9.90 Å². The third-order valence-electron chi connectivity index (χ3n) is 4.62. The summed E-state index contributed by atoms with van der Waals surface area (Å²) in [5, 5.41) is 17.6. The van der Waals surface area contributed by atoms with Crippen molar-refractivity contribution in [1.82, 2.24) is 20.0 Å². The highest BCUT2D eigenvalue weighted by atomic mass is 16.3. The third-order valence-corrected chi connectivity index (χ3v) is 4.62. The highest BCUT2D eigenvalue weighted by Crippen LogP contribution is 2.20. The van der Waals surface area contributed by atoms with Gasteiger partial charge in [0.05, 0.1) is 18.8 Å². The zero-order valence-electron chi connectivity index (χ0n) is 14.7. The lowest BCUT2D eigenvalue weighted by atomic mass is 9.96. The molecule has 1 aromatic rings. The molecule has 1 aromatic heterocycles. The van der Waals surface area contributed by atoms with Crippen molar-refractivity contribution >= 4 is 5.91 Å². The molecular formula is C17H30N4O2. The summed E-state index contributed by atoms with van der Waals surface area (Å²) in [5.74, 6) is 0.252. The molecule has 1 aliphatic rings. The van der Waals surface area contributed by atoms with Gasteiger partial charge >= 0.3 is 0 Å². The Balaban J connectivity index is 1.98. The van der Waals surface area contributed by atoms with Crippen LogP contribution in [-0.2, 0) is 17.4 Å². The summed E-state index contributed by atoms with van der Waals surface area (Å²) in [4.78, 5) is 15.0. The number of aryl methyl sites for hydroxylation is 1. The van der Waals surface area contributed by atoms with Crippen molar-refractivity contribution in [2.75, 3.05) is 19.6 Å². The Morgan fingerprint density at radius 3 is 2.57 bits per heavy atom. The molecule has 0 radical (unpaired) electrons. The van der Waals surface area contributed by atoms with Crippen LogP contribution in [0, 0.1) is 5.92 Å². The molecule has 6 nitrogen and oxygen atoms in total. The molecule has 1 aliphatic heterocycles. The van der Waals surface area contributed by atoms with Crippen molar-refractivity contribution in [3.63, 3.8) is 0 Å². The molecule has 2 unspecified atom stereocenters. The van der Waals surface area contributed by atoms with E-state index in [1.807, 2.05) is 7.05 Å². The first-order chi connectivity index (χ1) is 10.8. The van der Waals surface area contributed by atoms with Gasteiger partial charge in [-0.05, 0) is 38.8 Å². The summed E-state index contributed by atoms with van der Waals surface area (Å²) in [5.41, 5.74) is -0.410. The molecule has 23 heavy (non-hydrogen) atoms. The molecule has 2 N–H and O–H groups in total. The number of amides is 1. The molecule has 0 saturated carbocycles. The Kier molecular flexibility index (Phi) is 5.81. The summed E-state index contributed by atoms with van der Waals surface area (Å²) in [6.45, 7) is 8.02. The number of hydrogen-bond donors (Lipinski definition) is 2. The van der Waals surface area contributed by atoms with Gasteiger partial charge in [0.15, 0.2) is 0 Å². The Bertz CT molecular complexity index is 518. The van der Waals surface area contributed by atoms with Gasteiger partial charge in [0.25, 0.3) is 0 Å². The van der Waals surface area contributed by atoms with E-state index in [1.54, 1.807) is 24.0 Å². The number of nitrogens with one attached hydrogen (secondary N) is 1. The number of hydrogen-bond acceptors (Lipinski definition) is 4. The minimum atomic E-state index is -1.12. The number of aromatic nitrogens is 2. The maximum Gasteiger partial charge on any atom is 0.237 e. The Morgan fingerprint density at radius 2 is 2.04 bits per heavy atom. The van der Waals surface area contributed by atoms with Gasteiger partial charge in [0.2, 0.25) is 5.91 Å². The highest BCUT2D eigenvalue weighted by Gasteiger charge is 2.32. The second kappa shape index (κ2) is 7.45. The van der Waals surface area contributed by atoms with E-state index in [9.17, 15) is 9.90 Å². The van der Waals surface area contributed by atoms with Gasteiger partial charge in [-0.25, -0.2) is 0 Å². The van der Waals surface area contributed by atoms with E-state index in [0.29, 0.717) is 5.56 Å². The zero-order valence-corrected chi connectivity index (χ0v) is 14.7. The molecule has 0 aliphatic carbocycles. The van der Waals surface area contributed by atoms with Crippen molar-refractivity contribution in [2.45, 2.75) is 51.7 Å². The number of piperidine rings is 1. The summed E-state index contributed by atoms with van der Waals surface area (Å²) in [6.07, 6.45) is 6.97. The zero-order chi connectivity index (χ0) is 17.0. The predicted molar refractivity (Wildman–Crippen MR) is 89.8 cm³/mol. The molecule has 2 atom stereocenters. The number of aliphatic hydroxyl groups is 1. The lowest BCUT2D eigenvalue weighted by Crippen LogP contribution is -2.53. The highest BCUT2D eigenvalue weighted by molar-refractivity contribution is 5.82. The average molecular weight is 322 g/mol. The van der Waals surface area contributed by atoms with E-state index in [2.05, 4.69) is 29.2 Å². The Hall–Kier alpha value is -1.40. The van der Waals surface area contributed by atoms with Crippen LogP contribution in [0.3, 0.4) is 0 Å². The first-order valence-electron chi connectivity index (χ1n) is 8.54. The molecule has 1 saturated heterocycles. The van der Waals surface area contributed by atoms with E-state index in [4.69, 9.17) is 0 Å². The Labute approximate surface area is 138 Å². The first kappa shape index (κ1) is 17.9. The number of carbonyl (C=O) groups excluding carboxylic acids is 1. The standard InChI is InChI=1S/C17H30N4O2/c1-13(2)15(21-8-6-5-7-9-21)16(22)18-12-17(3,23)14-10-19-20(4)11-14/h10-11,13,15,23H,5-9,12H2,1-4H3,(H,18,22). The van der Waals surface area contributed by atoms with Crippen LogP contribution >= 0.6 is 0 Å². The fourth-order valence-corrected chi connectivity index (χ4v) is 3.25. The van der Waals surface area contributed by atoms with Gasteiger partial charge in [0, 0.05) is 18.8 Å². The van der Waals surface area contributed by atoms with E-state index in [0.717, 1.165) is 25.9 Å². The molecule has 0 spiro atoms. The van der Waals surface area contributed by atoms with Crippen LogP contribution in [0.15, 0.2) is 12.4 Å². The van der Waals surface area contributed by atoms with E-state index < -0.39 is 5.60 Å². The number of likely N-dealkylation sites (tertiary alicyclic amines) is 1. The maximum atomic E-state index is 12.7. The fraction of sp³-hybridized carbons (Fsp3) is 0.765. The number of rotatable bonds is 6. The minimum absolute atomic E-state index is 0.00562. The van der Waals surface area contributed by atoms with Gasteiger partial charge in [-0.15, -0.1) is 0 Å². The second-order valence-electron chi connectivity index (χ2n) is 7.18. The summed E-state index contributed by atoms with van der Waals surface area (Å²) < 4.78 is 1.65. The molecule has 1 amide bonds. The average Bonchev–Trinajstić information content (AvgIpc) is 2.94. The summed E-state index contributed by atoms with van der Waals surface area (Å²) in [6, 6.07) is -0.125. The van der Waals surface area contributed by atoms with Gasteiger partial charge in [0.1, 0.15) is 5.60 Å². The van der Waals surface area contributed by atoms with Crippen LogP contribution in [0.4, 0.5) is 0 Å². The van der Waals surface area contributed by atoms with Crippen LogP contribution in [0.2, 0.25) is 0 Å². The lowest BCUT2D eigenvalue weighted by molar-refractivity contribution is -0.129. The van der Waals surface area contributed by atoms with Crippen LogP contribution in [0.25, 0.3) is 0 Å². The minimum Gasteiger partial charge on any atom is -0.383 e. The van der Waals surface area contributed by atoms with Gasteiger partial charge in [-0.2, -0.15) is 5.10 Å². The third kappa shape index (κ3) is 4.54. The van der Waals surface area contributed by atoms with Crippen molar-refractivity contribution in [3.05, 3.63) is 18.0 Å². The number of carbonyl (C=O) groups is 1. The van der Waals surface area contributed by atoms with Crippen LogP contribution < -0.4 is 5.32 Å².